The summed E-state index contributed by atoms with van der Waals surface area (Å²) in [6.45, 7) is 3.09. The van der Waals surface area contributed by atoms with Crippen LogP contribution in [0.3, 0.4) is 0 Å². The van der Waals surface area contributed by atoms with Crippen LogP contribution in [-0.4, -0.2) is 13.2 Å². The third-order valence-corrected chi connectivity index (χ3v) is 3.95. The summed E-state index contributed by atoms with van der Waals surface area (Å²) in [7, 11) is 1.70. The van der Waals surface area contributed by atoms with Crippen LogP contribution < -0.4 is 10.1 Å². The van der Waals surface area contributed by atoms with Crippen LogP contribution in [0.4, 0.5) is 0 Å². The van der Waals surface area contributed by atoms with Crippen molar-refractivity contribution in [2.24, 2.45) is 5.92 Å². The Kier molecular flexibility index (Phi) is 4.30. The van der Waals surface area contributed by atoms with Crippen LogP contribution in [-0.2, 0) is 6.54 Å². The highest BCUT2D eigenvalue weighted by atomic mass is 35.5. The van der Waals surface area contributed by atoms with Crippen molar-refractivity contribution in [2.45, 2.75) is 38.8 Å². The molecule has 1 aliphatic carbocycles. The quantitative estimate of drug-likeness (QED) is 0.865. The normalized spacial score (nSPS) is 17.6. The Morgan fingerprint density at radius 1 is 1.47 bits per heavy atom. The molecule has 0 aliphatic heterocycles. The Balaban J connectivity index is 1.94. The predicted octanol–water partition coefficient (Wildman–Crippen LogP) is 3.63. The molecule has 1 aliphatic rings. The molecule has 1 aromatic rings. The molecule has 2 rings (SSSR count). The topological polar surface area (TPSA) is 21.3 Å². The zero-order valence-electron chi connectivity index (χ0n) is 10.5. The number of halogens is 1. The molecule has 0 spiro atoms. The van der Waals surface area contributed by atoms with Gasteiger partial charge in [0, 0.05) is 23.2 Å². The molecule has 0 aromatic heterocycles. The Morgan fingerprint density at radius 2 is 2.24 bits per heavy atom. The van der Waals surface area contributed by atoms with Gasteiger partial charge in [-0.3, -0.25) is 0 Å². The first-order valence-corrected chi connectivity index (χ1v) is 6.64. The zero-order valence-corrected chi connectivity index (χ0v) is 11.3. The van der Waals surface area contributed by atoms with Crippen molar-refractivity contribution >= 4 is 11.6 Å². The maximum atomic E-state index is 6.01. The number of ether oxygens (including phenoxy) is 1. The third-order valence-electron chi connectivity index (χ3n) is 3.71. The summed E-state index contributed by atoms with van der Waals surface area (Å²) in [6, 6.07) is 6.33. The summed E-state index contributed by atoms with van der Waals surface area (Å²) in [6.07, 6.45) is 4.11. The summed E-state index contributed by atoms with van der Waals surface area (Å²) >= 11 is 6.01. The Hall–Kier alpha value is -0.730. The predicted molar refractivity (Wildman–Crippen MR) is 71.6 cm³/mol. The fourth-order valence-electron chi connectivity index (χ4n) is 2.26. The van der Waals surface area contributed by atoms with Crippen molar-refractivity contribution in [1.82, 2.24) is 5.32 Å². The highest BCUT2D eigenvalue weighted by Gasteiger charge is 2.23. The van der Waals surface area contributed by atoms with E-state index in [1.54, 1.807) is 7.11 Å². The van der Waals surface area contributed by atoms with Gasteiger partial charge in [0.05, 0.1) is 7.11 Å². The van der Waals surface area contributed by atoms with Crippen molar-refractivity contribution in [1.29, 1.82) is 0 Å². The van der Waals surface area contributed by atoms with Crippen molar-refractivity contribution in [3.05, 3.63) is 28.8 Å². The maximum absolute atomic E-state index is 6.01. The molecule has 1 atom stereocenters. The summed E-state index contributed by atoms with van der Waals surface area (Å²) in [5.74, 6) is 1.75. The fraction of sp³-hybridized carbons (Fsp3) is 0.571. The molecule has 0 saturated heterocycles. The Morgan fingerprint density at radius 3 is 2.82 bits per heavy atom. The number of hydrogen-bond donors (Lipinski definition) is 1. The first-order valence-electron chi connectivity index (χ1n) is 6.26. The number of rotatable bonds is 5. The maximum Gasteiger partial charge on any atom is 0.123 e. The van der Waals surface area contributed by atoms with Crippen molar-refractivity contribution < 1.29 is 4.74 Å². The van der Waals surface area contributed by atoms with E-state index in [9.17, 15) is 0 Å². The molecule has 1 N–H and O–H groups in total. The summed E-state index contributed by atoms with van der Waals surface area (Å²) in [5.41, 5.74) is 1.13. The van der Waals surface area contributed by atoms with Gasteiger partial charge in [0.2, 0.25) is 0 Å². The largest absolute Gasteiger partial charge is 0.496 e. The summed E-state index contributed by atoms with van der Waals surface area (Å²) < 4.78 is 5.33. The van der Waals surface area contributed by atoms with Gasteiger partial charge >= 0.3 is 0 Å². The van der Waals surface area contributed by atoms with E-state index < -0.39 is 0 Å². The third kappa shape index (κ3) is 3.14. The Bertz CT molecular complexity index is 376. The van der Waals surface area contributed by atoms with Crippen molar-refractivity contribution in [2.75, 3.05) is 7.11 Å². The molecule has 0 amide bonds. The molecule has 1 fully saturated rings. The lowest BCUT2D eigenvalue weighted by Gasteiger charge is -2.32. The molecule has 3 heteroatoms. The van der Waals surface area contributed by atoms with Gasteiger partial charge in [0.15, 0.2) is 0 Å². The molecule has 94 valence electrons. The van der Waals surface area contributed by atoms with Gasteiger partial charge in [-0.15, -0.1) is 0 Å². The van der Waals surface area contributed by atoms with Crippen molar-refractivity contribution in [3.63, 3.8) is 0 Å². The van der Waals surface area contributed by atoms with E-state index in [1.807, 2.05) is 18.2 Å². The van der Waals surface area contributed by atoms with Crippen LogP contribution in [0.25, 0.3) is 0 Å². The second-order valence-electron chi connectivity index (χ2n) is 4.82. The number of benzene rings is 1. The fourth-order valence-corrected chi connectivity index (χ4v) is 2.46. The second-order valence-corrected chi connectivity index (χ2v) is 5.25. The molecule has 0 heterocycles. The summed E-state index contributed by atoms with van der Waals surface area (Å²) in [5, 5.41) is 4.33. The number of methoxy groups -OCH3 is 1. The smallest absolute Gasteiger partial charge is 0.123 e. The van der Waals surface area contributed by atoms with Crippen LogP contribution in [0.1, 0.15) is 31.7 Å². The Labute approximate surface area is 108 Å². The van der Waals surface area contributed by atoms with Crippen LogP contribution in [0.5, 0.6) is 5.75 Å². The zero-order chi connectivity index (χ0) is 12.3. The van der Waals surface area contributed by atoms with E-state index in [0.717, 1.165) is 28.8 Å². The number of hydrogen-bond acceptors (Lipinski definition) is 2. The SMILES string of the molecule is COc1ccc(Cl)cc1CNC(C)C1CCC1. The minimum absolute atomic E-state index is 0.576. The van der Waals surface area contributed by atoms with Gasteiger partial charge in [-0.1, -0.05) is 18.0 Å². The van der Waals surface area contributed by atoms with Gasteiger partial charge in [-0.25, -0.2) is 0 Å². The molecule has 1 saturated carbocycles. The lowest BCUT2D eigenvalue weighted by molar-refractivity contribution is 0.239. The van der Waals surface area contributed by atoms with Gasteiger partial charge < -0.3 is 10.1 Å². The molecule has 1 aromatic carbocycles. The van der Waals surface area contributed by atoms with Gasteiger partial charge in [0.25, 0.3) is 0 Å². The van der Waals surface area contributed by atoms with E-state index in [2.05, 4.69) is 12.2 Å². The van der Waals surface area contributed by atoms with E-state index in [-0.39, 0.29) is 0 Å². The molecule has 17 heavy (non-hydrogen) atoms. The first-order chi connectivity index (χ1) is 8.20. The molecule has 2 nitrogen and oxygen atoms in total. The molecule has 0 radical (unpaired) electrons. The van der Waals surface area contributed by atoms with E-state index >= 15 is 0 Å². The van der Waals surface area contributed by atoms with Crippen LogP contribution in [0.2, 0.25) is 5.02 Å². The average Bonchev–Trinajstić information content (AvgIpc) is 2.24. The molecular formula is C14H20ClNO. The molecule has 0 bridgehead atoms. The van der Waals surface area contributed by atoms with Gasteiger partial charge in [-0.05, 0) is 43.9 Å². The lowest BCUT2D eigenvalue weighted by atomic mass is 9.80. The van der Waals surface area contributed by atoms with Crippen LogP contribution in [0.15, 0.2) is 18.2 Å². The number of nitrogens with one attached hydrogen (secondary N) is 1. The highest BCUT2D eigenvalue weighted by Crippen LogP contribution is 2.30. The van der Waals surface area contributed by atoms with E-state index in [0.29, 0.717) is 6.04 Å². The van der Waals surface area contributed by atoms with Crippen LogP contribution >= 0.6 is 11.6 Å². The molecular weight excluding hydrogens is 234 g/mol. The lowest BCUT2D eigenvalue weighted by Crippen LogP contribution is -2.36. The average molecular weight is 254 g/mol. The van der Waals surface area contributed by atoms with E-state index in [1.165, 1.54) is 19.3 Å². The van der Waals surface area contributed by atoms with E-state index in [4.69, 9.17) is 16.3 Å². The van der Waals surface area contributed by atoms with Crippen molar-refractivity contribution in [3.8, 4) is 5.75 Å². The summed E-state index contributed by atoms with van der Waals surface area (Å²) in [4.78, 5) is 0. The first kappa shape index (κ1) is 12.7. The monoisotopic (exact) mass is 253 g/mol. The highest BCUT2D eigenvalue weighted by molar-refractivity contribution is 6.30. The standard InChI is InChI=1S/C14H20ClNO/c1-10(11-4-3-5-11)16-9-12-8-13(15)6-7-14(12)17-2/h6-8,10-11,16H,3-5,9H2,1-2H3. The minimum atomic E-state index is 0.576. The minimum Gasteiger partial charge on any atom is -0.496 e. The van der Waals surface area contributed by atoms with Gasteiger partial charge in [-0.2, -0.15) is 0 Å². The van der Waals surface area contributed by atoms with Gasteiger partial charge in [0.1, 0.15) is 5.75 Å². The molecule has 1 unspecified atom stereocenters. The van der Waals surface area contributed by atoms with Crippen LogP contribution in [0, 0.1) is 5.92 Å². The second kappa shape index (κ2) is 5.74.